The molecule has 16 heteroatoms. The lowest BCUT2D eigenvalue weighted by Crippen LogP contribution is -2.45. The van der Waals surface area contributed by atoms with Crippen molar-refractivity contribution in [3.05, 3.63) is 11.9 Å². The number of unbranched alkanes of at least 4 members (excludes halogenated alkanes) is 2. The summed E-state index contributed by atoms with van der Waals surface area (Å²) in [6, 6.07) is -2.43. The van der Waals surface area contributed by atoms with Gasteiger partial charge < -0.3 is 26.0 Å². The Labute approximate surface area is 199 Å². The summed E-state index contributed by atoms with van der Waals surface area (Å²) in [7, 11) is 0. The third kappa shape index (κ3) is 17.3. The van der Waals surface area contributed by atoms with Crippen LogP contribution < -0.4 is 16.1 Å². The van der Waals surface area contributed by atoms with Gasteiger partial charge in [-0.1, -0.05) is 11.6 Å². The molecule has 1 aromatic heterocycles. The number of carboxylic acids is 3. The lowest BCUT2D eigenvalue weighted by Gasteiger charge is -2.11. The van der Waals surface area contributed by atoms with Crippen molar-refractivity contribution in [2.24, 2.45) is 0 Å². The predicted molar refractivity (Wildman–Crippen MR) is 115 cm³/mol. The second kappa shape index (κ2) is 18.6. The van der Waals surface area contributed by atoms with Gasteiger partial charge in [-0.15, -0.1) is 5.10 Å². The third-order valence-electron chi connectivity index (χ3n) is 4.20. The minimum atomic E-state index is -1.37. The summed E-state index contributed by atoms with van der Waals surface area (Å²) in [5.41, 5.74) is 1.85. The zero-order chi connectivity index (χ0) is 26.6. The lowest BCUT2D eigenvalue weighted by molar-refractivity contribution is -0.141. The number of hydrogen-bond donors (Lipinski definition) is 7. The molecule has 0 saturated heterocycles. The summed E-state index contributed by atoms with van der Waals surface area (Å²) in [4.78, 5) is 53.0. The van der Waals surface area contributed by atoms with E-state index in [2.05, 4.69) is 15.6 Å². The maximum Gasteiger partial charge on any atom is 0.339 e. The number of nitrogens with one attached hydrogen (secondary N) is 3. The van der Waals surface area contributed by atoms with Crippen LogP contribution in [0.15, 0.2) is 6.20 Å². The number of aryl methyl sites for hydroxylation is 1. The number of aliphatic carboxylic acids is 3. The van der Waals surface area contributed by atoms with Gasteiger partial charge in [0, 0.05) is 25.6 Å². The van der Waals surface area contributed by atoms with E-state index in [1.54, 1.807) is 6.20 Å². The Balaban J connectivity index is 0.000000720. The zero-order valence-corrected chi connectivity index (χ0v) is 19.0. The topological polar surface area (TPSA) is 233 Å². The van der Waals surface area contributed by atoms with Gasteiger partial charge in [-0.25, -0.2) is 19.8 Å². The number of amides is 3. The number of aromatic nitrogens is 3. The summed E-state index contributed by atoms with van der Waals surface area (Å²) >= 11 is 0. The van der Waals surface area contributed by atoms with Crippen molar-refractivity contribution >= 4 is 29.8 Å². The molecule has 0 radical (unpaired) electrons. The van der Waals surface area contributed by atoms with Crippen molar-refractivity contribution in [3.63, 3.8) is 0 Å². The Bertz CT molecular complexity index is 820. The van der Waals surface area contributed by atoms with E-state index in [-0.39, 0.29) is 31.7 Å². The highest BCUT2D eigenvalue weighted by atomic mass is 19.1. The van der Waals surface area contributed by atoms with Crippen LogP contribution in [-0.4, -0.2) is 84.6 Å². The van der Waals surface area contributed by atoms with E-state index in [1.165, 1.54) is 10.2 Å². The number of carbonyl (C=O) groups excluding carboxylic acids is 2. The van der Waals surface area contributed by atoms with Gasteiger partial charge in [-0.3, -0.25) is 24.0 Å². The second-order valence-corrected chi connectivity index (χ2v) is 7.16. The molecule has 0 saturated carbocycles. The van der Waals surface area contributed by atoms with Crippen molar-refractivity contribution in [2.45, 2.75) is 64.0 Å². The fraction of sp³-hybridized carbons (Fsp3) is 0.632. The van der Waals surface area contributed by atoms with E-state index in [9.17, 15) is 28.4 Å². The molecule has 1 heterocycles. The van der Waals surface area contributed by atoms with Crippen molar-refractivity contribution in [1.29, 1.82) is 0 Å². The van der Waals surface area contributed by atoms with E-state index < -0.39 is 36.7 Å². The third-order valence-corrected chi connectivity index (χ3v) is 4.20. The van der Waals surface area contributed by atoms with Crippen LogP contribution in [0.3, 0.4) is 0 Å². The quantitative estimate of drug-likeness (QED) is 0.0890. The van der Waals surface area contributed by atoms with Gasteiger partial charge in [-0.2, -0.15) is 0 Å². The molecule has 0 aromatic carbocycles. The Morgan fingerprint density at radius 2 is 1.69 bits per heavy atom. The Hall–Kier alpha value is -3.82. The number of hydroxylamine groups is 1. The summed E-state index contributed by atoms with van der Waals surface area (Å²) in [6.45, 7) is 0.203. The van der Waals surface area contributed by atoms with Crippen LogP contribution in [0, 0.1) is 0 Å². The van der Waals surface area contributed by atoms with E-state index in [0.29, 0.717) is 31.5 Å². The molecule has 1 aromatic rings. The van der Waals surface area contributed by atoms with Crippen molar-refractivity contribution in [1.82, 2.24) is 31.1 Å². The maximum atomic E-state index is 12.0. The fourth-order valence-corrected chi connectivity index (χ4v) is 2.50. The SMILES string of the molecule is O=C(O)CCC(NC(=O)NO)C(=O)O.O=C(O)CCCCCNC(=O)Cn1cc(CCCF)nn1. The molecule has 198 valence electrons. The van der Waals surface area contributed by atoms with Crippen molar-refractivity contribution in [3.8, 4) is 0 Å². The number of alkyl halides is 1. The molecule has 0 aliphatic carbocycles. The van der Waals surface area contributed by atoms with Gasteiger partial charge in [0.05, 0.1) is 12.4 Å². The molecule has 35 heavy (non-hydrogen) atoms. The fourth-order valence-electron chi connectivity index (χ4n) is 2.50. The molecule has 0 fully saturated rings. The van der Waals surface area contributed by atoms with Gasteiger partial charge in [0.2, 0.25) is 5.91 Å². The molecule has 3 amide bonds. The Morgan fingerprint density at radius 3 is 2.26 bits per heavy atom. The van der Waals surface area contributed by atoms with Crippen molar-refractivity contribution < 1.29 is 48.9 Å². The standard InChI is InChI=1S/C13H21FN4O3.C6H10N2O6/c14-7-4-5-11-9-18(17-16-11)10-12(19)15-8-3-1-2-6-13(20)21;9-4(10)2-1-3(5(11)12)7-6(13)8-14/h9H,1-8,10H2,(H,15,19)(H,20,21);3,14H,1-2H2,(H,9,10)(H,11,12)(H2,7,8,13). The van der Waals surface area contributed by atoms with Crippen LogP contribution in [0.4, 0.5) is 9.18 Å². The number of hydrogen-bond acceptors (Lipinski definition) is 8. The molecule has 0 aliphatic rings. The molecule has 1 atom stereocenters. The average molecular weight is 506 g/mol. The molecule has 1 rings (SSSR count). The molecular formula is C19H31FN6O9. The summed E-state index contributed by atoms with van der Waals surface area (Å²) < 4.78 is 13.4. The van der Waals surface area contributed by atoms with E-state index in [0.717, 1.165) is 12.8 Å². The smallest absolute Gasteiger partial charge is 0.339 e. The number of halogens is 1. The number of nitrogens with zero attached hydrogens (tertiary/aromatic N) is 3. The first kappa shape index (κ1) is 31.2. The number of rotatable bonds is 16. The van der Waals surface area contributed by atoms with Gasteiger partial charge in [0.1, 0.15) is 12.6 Å². The molecule has 15 nitrogen and oxygen atoms in total. The molecular weight excluding hydrogens is 475 g/mol. The van der Waals surface area contributed by atoms with Crippen LogP contribution in [0.2, 0.25) is 0 Å². The minimum absolute atomic E-state index is 0.0811. The molecule has 0 aliphatic heterocycles. The van der Waals surface area contributed by atoms with Crippen LogP contribution in [-0.2, 0) is 32.1 Å². The Kier molecular flexibility index (Phi) is 16.6. The monoisotopic (exact) mass is 506 g/mol. The average Bonchev–Trinajstić information content (AvgIpc) is 3.24. The largest absolute Gasteiger partial charge is 0.481 e. The minimum Gasteiger partial charge on any atom is -0.481 e. The number of urea groups is 1. The highest BCUT2D eigenvalue weighted by molar-refractivity contribution is 5.82. The predicted octanol–water partition coefficient (Wildman–Crippen LogP) is -0.0658. The highest BCUT2D eigenvalue weighted by Gasteiger charge is 2.20. The zero-order valence-electron chi connectivity index (χ0n) is 19.0. The van der Waals surface area contributed by atoms with Gasteiger partial charge in [0.15, 0.2) is 0 Å². The molecule has 7 N–H and O–H groups in total. The lowest BCUT2D eigenvalue weighted by atomic mass is 10.1. The normalized spacial score (nSPS) is 10.9. The number of carbonyl (C=O) groups is 5. The molecule has 0 spiro atoms. The molecule has 0 bridgehead atoms. The second-order valence-electron chi connectivity index (χ2n) is 7.16. The maximum absolute atomic E-state index is 12.0. The summed E-state index contributed by atoms with van der Waals surface area (Å²) in [5.74, 6) is -3.50. The van der Waals surface area contributed by atoms with Crippen LogP contribution in [0.25, 0.3) is 0 Å². The van der Waals surface area contributed by atoms with E-state index >= 15 is 0 Å². The van der Waals surface area contributed by atoms with E-state index in [1.807, 2.05) is 5.32 Å². The summed E-state index contributed by atoms with van der Waals surface area (Å²) in [6.07, 6.45) is 4.22. The van der Waals surface area contributed by atoms with Crippen LogP contribution >= 0.6 is 0 Å². The van der Waals surface area contributed by atoms with Gasteiger partial charge in [0.25, 0.3) is 0 Å². The molecule has 1 unspecified atom stereocenters. The van der Waals surface area contributed by atoms with Crippen LogP contribution in [0.1, 0.15) is 50.6 Å². The van der Waals surface area contributed by atoms with Crippen molar-refractivity contribution in [2.75, 3.05) is 13.2 Å². The van der Waals surface area contributed by atoms with Gasteiger partial charge >= 0.3 is 23.9 Å². The van der Waals surface area contributed by atoms with Gasteiger partial charge in [-0.05, 0) is 32.1 Å². The highest BCUT2D eigenvalue weighted by Crippen LogP contribution is 2.00. The van der Waals surface area contributed by atoms with Crippen LogP contribution in [0.5, 0.6) is 0 Å². The van der Waals surface area contributed by atoms with E-state index in [4.69, 9.17) is 20.5 Å². The first-order valence-electron chi connectivity index (χ1n) is 10.7. The summed E-state index contributed by atoms with van der Waals surface area (Å²) in [5, 5.41) is 45.6. The first-order chi connectivity index (χ1) is 16.6. The first-order valence-corrected chi connectivity index (χ1v) is 10.7. The number of carboxylic acid groups (broad SMARTS) is 3. The Morgan fingerprint density at radius 1 is 1.00 bits per heavy atom.